The number of nitrogens with one attached hydrogen (secondary N) is 2. The lowest BCUT2D eigenvalue weighted by Crippen LogP contribution is -2.38. The van der Waals surface area contributed by atoms with Crippen LogP contribution in [0.4, 0.5) is 9.18 Å². The van der Waals surface area contributed by atoms with Crippen molar-refractivity contribution in [1.29, 1.82) is 0 Å². The van der Waals surface area contributed by atoms with E-state index in [1.165, 1.54) is 12.1 Å². The molecule has 0 saturated carbocycles. The summed E-state index contributed by atoms with van der Waals surface area (Å²) in [5.41, 5.74) is 5.24. The van der Waals surface area contributed by atoms with Crippen molar-refractivity contribution in [1.82, 2.24) is 15.0 Å². The number of hydrogen-bond donors (Lipinski definition) is 2. The minimum atomic E-state index is -0.346. The fraction of sp³-hybridized carbons (Fsp3) is 0.222. The quantitative estimate of drug-likeness (QED) is 0.765. The van der Waals surface area contributed by atoms with Crippen molar-refractivity contribution in [3.8, 4) is 0 Å². The van der Waals surface area contributed by atoms with Gasteiger partial charge in [0.05, 0.1) is 17.1 Å². The molecule has 24 heavy (non-hydrogen) atoms. The number of aromatic nitrogens is 2. The number of nitrogens with zero attached hydrogens (tertiary/aromatic N) is 2. The minimum Gasteiger partial charge on any atom is -0.330 e. The van der Waals surface area contributed by atoms with E-state index in [-0.39, 0.29) is 23.8 Å². The minimum absolute atomic E-state index is 0.153. The summed E-state index contributed by atoms with van der Waals surface area (Å²) < 4.78 is 14.7. The van der Waals surface area contributed by atoms with E-state index in [9.17, 15) is 9.18 Å². The summed E-state index contributed by atoms with van der Waals surface area (Å²) in [7, 11) is 0. The number of amides is 2. The predicted octanol–water partition coefficient (Wildman–Crippen LogP) is 3.83. The second kappa shape index (κ2) is 6.70. The molecular weight excluding hydrogens is 307 g/mol. The van der Waals surface area contributed by atoms with E-state index in [2.05, 4.69) is 15.7 Å². The Morgan fingerprint density at radius 3 is 2.54 bits per heavy atom. The molecule has 0 aliphatic carbocycles. The van der Waals surface area contributed by atoms with Gasteiger partial charge in [-0.05, 0) is 35.7 Å². The molecule has 0 aliphatic heterocycles. The van der Waals surface area contributed by atoms with Gasteiger partial charge < -0.3 is 5.32 Å². The first-order valence-corrected chi connectivity index (χ1v) is 7.79. The van der Waals surface area contributed by atoms with Gasteiger partial charge in [-0.15, -0.1) is 0 Å². The number of halogens is 1. The Bertz CT molecular complexity index is 842. The Hall–Kier alpha value is -2.89. The zero-order valence-corrected chi connectivity index (χ0v) is 13.5. The Kier molecular flexibility index (Phi) is 4.46. The van der Waals surface area contributed by atoms with E-state index in [1.54, 1.807) is 23.1 Å². The molecule has 0 aliphatic rings. The molecule has 1 heterocycles. The van der Waals surface area contributed by atoms with Crippen LogP contribution in [-0.4, -0.2) is 15.7 Å². The molecule has 2 aromatic carbocycles. The van der Waals surface area contributed by atoms with E-state index >= 15 is 0 Å². The van der Waals surface area contributed by atoms with Gasteiger partial charge in [0.1, 0.15) is 12.1 Å². The maximum Gasteiger partial charge on any atom is 0.334 e. The van der Waals surface area contributed by atoms with Crippen LogP contribution in [0.2, 0.25) is 0 Å². The number of para-hydroxylation sites is 2. The Balaban J connectivity index is 1.75. The first-order chi connectivity index (χ1) is 11.5. The van der Waals surface area contributed by atoms with Crippen LogP contribution in [0.25, 0.3) is 11.0 Å². The fourth-order valence-corrected chi connectivity index (χ4v) is 2.64. The highest BCUT2D eigenvalue weighted by Gasteiger charge is 2.18. The van der Waals surface area contributed by atoms with Crippen molar-refractivity contribution in [3.63, 3.8) is 0 Å². The van der Waals surface area contributed by atoms with E-state index < -0.39 is 0 Å². The van der Waals surface area contributed by atoms with Crippen molar-refractivity contribution in [2.45, 2.75) is 19.9 Å². The smallest absolute Gasteiger partial charge is 0.330 e. The van der Waals surface area contributed by atoms with Crippen LogP contribution in [-0.2, 0) is 0 Å². The topological polar surface area (TPSA) is 59.0 Å². The Morgan fingerprint density at radius 2 is 1.83 bits per heavy atom. The molecule has 0 fully saturated rings. The Labute approximate surface area is 139 Å². The number of benzene rings is 2. The van der Waals surface area contributed by atoms with E-state index in [1.807, 2.05) is 38.1 Å². The summed E-state index contributed by atoms with van der Waals surface area (Å²) in [4.78, 5) is 16.6. The normalized spacial score (nSPS) is 12.3. The average molecular weight is 326 g/mol. The van der Waals surface area contributed by atoms with Crippen LogP contribution in [0.3, 0.4) is 0 Å². The van der Waals surface area contributed by atoms with Crippen LogP contribution < -0.4 is 10.7 Å². The van der Waals surface area contributed by atoms with Gasteiger partial charge in [0.2, 0.25) is 0 Å². The van der Waals surface area contributed by atoms with Gasteiger partial charge in [0.25, 0.3) is 0 Å². The monoisotopic (exact) mass is 326 g/mol. The number of imidazole rings is 1. The van der Waals surface area contributed by atoms with Crippen LogP contribution in [0.15, 0.2) is 54.9 Å². The lowest BCUT2D eigenvalue weighted by molar-refractivity contribution is 0.242. The van der Waals surface area contributed by atoms with Crippen molar-refractivity contribution < 1.29 is 9.18 Å². The van der Waals surface area contributed by atoms with Crippen molar-refractivity contribution >= 4 is 17.1 Å². The molecule has 2 N–H and O–H groups in total. The van der Waals surface area contributed by atoms with Crippen molar-refractivity contribution in [2.75, 3.05) is 5.43 Å². The zero-order chi connectivity index (χ0) is 17.1. The van der Waals surface area contributed by atoms with Crippen LogP contribution in [0.1, 0.15) is 25.5 Å². The third-order valence-electron chi connectivity index (χ3n) is 3.86. The van der Waals surface area contributed by atoms with Crippen LogP contribution in [0.5, 0.6) is 0 Å². The molecule has 1 atom stereocenters. The van der Waals surface area contributed by atoms with E-state index in [0.29, 0.717) is 0 Å². The molecule has 2 amide bonds. The van der Waals surface area contributed by atoms with Crippen molar-refractivity contribution in [3.05, 3.63) is 66.2 Å². The highest BCUT2D eigenvalue weighted by atomic mass is 19.1. The summed E-state index contributed by atoms with van der Waals surface area (Å²) in [6, 6.07) is 13.1. The maximum absolute atomic E-state index is 13.1. The van der Waals surface area contributed by atoms with E-state index in [0.717, 1.165) is 16.6 Å². The molecular formula is C18H19FN4O. The molecule has 0 spiro atoms. The largest absolute Gasteiger partial charge is 0.334 e. The second-order valence-corrected chi connectivity index (χ2v) is 5.96. The summed E-state index contributed by atoms with van der Waals surface area (Å²) >= 11 is 0. The van der Waals surface area contributed by atoms with Gasteiger partial charge in [-0.3, -0.25) is 0 Å². The number of fused-ring (bicyclic) bond motifs is 1. The number of carbonyl (C=O) groups excluding carboxylic acids is 1. The first kappa shape index (κ1) is 16.0. The Morgan fingerprint density at radius 1 is 1.12 bits per heavy atom. The highest BCUT2D eigenvalue weighted by molar-refractivity contribution is 5.85. The van der Waals surface area contributed by atoms with E-state index in [4.69, 9.17) is 0 Å². The van der Waals surface area contributed by atoms with Gasteiger partial charge in [-0.25, -0.2) is 24.3 Å². The summed E-state index contributed by atoms with van der Waals surface area (Å²) in [5.74, 6) is -0.142. The van der Waals surface area contributed by atoms with Gasteiger partial charge in [-0.1, -0.05) is 38.1 Å². The van der Waals surface area contributed by atoms with Gasteiger partial charge in [0, 0.05) is 0 Å². The zero-order valence-electron chi connectivity index (χ0n) is 13.5. The molecule has 124 valence electrons. The summed E-state index contributed by atoms with van der Waals surface area (Å²) in [5, 5.41) is 2.93. The maximum atomic E-state index is 13.1. The second-order valence-electron chi connectivity index (χ2n) is 5.96. The third kappa shape index (κ3) is 3.37. The number of carbonyl (C=O) groups is 1. The molecule has 1 aromatic heterocycles. The molecule has 0 radical (unpaired) electrons. The first-order valence-electron chi connectivity index (χ1n) is 7.79. The molecule has 6 heteroatoms. The van der Waals surface area contributed by atoms with Crippen LogP contribution >= 0.6 is 0 Å². The van der Waals surface area contributed by atoms with Gasteiger partial charge >= 0.3 is 6.03 Å². The summed E-state index contributed by atoms with van der Waals surface area (Å²) in [6.45, 7) is 4.00. The molecule has 0 saturated heterocycles. The third-order valence-corrected chi connectivity index (χ3v) is 3.86. The predicted molar refractivity (Wildman–Crippen MR) is 91.6 cm³/mol. The lowest BCUT2D eigenvalue weighted by Gasteiger charge is -2.23. The highest BCUT2D eigenvalue weighted by Crippen LogP contribution is 2.22. The van der Waals surface area contributed by atoms with Crippen LogP contribution in [0, 0.1) is 11.7 Å². The molecule has 5 nitrogen and oxygen atoms in total. The summed E-state index contributed by atoms with van der Waals surface area (Å²) in [6.07, 6.45) is 1.56. The standard InChI is InChI=1S/C18H19FN4O/c1-12(2)17(13-7-9-14(19)10-8-13)21-18(24)22-23-11-20-15-5-3-4-6-16(15)23/h3-12,17H,1-2H3,(H2,21,22,24)/t17-/m1/s1. The number of rotatable bonds is 4. The molecule has 3 rings (SSSR count). The SMILES string of the molecule is CC(C)[C@@H](NC(=O)Nn1cnc2ccccc21)c1ccc(F)cc1. The average Bonchev–Trinajstić information content (AvgIpc) is 2.96. The van der Waals surface area contributed by atoms with Gasteiger partial charge in [-0.2, -0.15) is 0 Å². The molecule has 0 bridgehead atoms. The van der Waals surface area contributed by atoms with Gasteiger partial charge in [0.15, 0.2) is 0 Å². The fourth-order valence-electron chi connectivity index (χ4n) is 2.64. The molecule has 0 unspecified atom stereocenters. The number of hydrogen-bond acceptors (Lipinski definition) is 2. The molecule has 3 aromatic rings. The lowest BCUT2D eigenvalue weighted by atomic mass is 9.96. The number of urea groups is 1. The van der Waals surface area contributed by atoms with Crippen molar-refractivity contribution in [2.24, 2.45) is 5.92 Å².